The number of amides is 1. The third kappa shape index (κ3) is 4.83. The molecule has 0 saturated carbocycles. The fourth-order valence-corrected chi connectivity index (χ4v) is 4.68. The SMILES string of the molecule is CC(C)(C)OC(=O)NCC1(c2cccc(B3OC(C)(C)C(C)(C)O3)c2)Cc2ccccc2C1. The molecule has 0 unspecified atom stereocenters. The van der Waals surface area contributed by atoms with Crippen LogP contribution in [0.25, 0.3) is 0 Å². The van der Waals surface area contributed by atoms with Crippen molar-refractivity contribution in [2.75, 3.05) is 6.54 Å². The lowest BCUT2D eigenvalue weighted by atomic mass is 9.72. The van der Waals surface area contributed by atoms with Gasteiger partial charge < -0.3 is 19.4 Å². The molecule has 6 heteroatoms. The van der Waals surface area contributed by atoms with Gasteiger partial charge in [-0.3, -0.25) is 0 Å². The summed E-state index contributed by atoms with van der Waals surface area (Å²) >= 11 is 0. The quantitative estimate of drug-likeness (QED) is 0.696. The third-order valence-corrected chi connectivity index (χ3v) is 7.17. The third-order valence-electron chi connectivity index (χ3n) is 7.17. The van der Waals surface area contributed by atoms with Gasteiger partial charge in [-0.25, -0.2) is 4.79 Å². The Morgan fingerprint density at radius 2 is 1.55 bits per heavy atom. The first kappa shape index (κ1) is 23.8. The molecule has 1 saturated heterocycles. The zero-order valence-electron chi connectivity index (χ0n) is 21.0. The van der Waals surface area contributed by atoms with Crippen LogP contribution in [0.2, 0.25) is 0 Å². The van der Waals surface area contributed by atoms with Crippen LogP contribution in [0.4, 0.5) is 4.79 Å². The second-order valence-corrected chi connectivity index (χ2v) is 11.5. The fraction of sp³-hybridized carbons (Fsp3) is 0.519. The molecule has 0 aromatic heterocycles. The van der Waals surface area contributed by atoms with Crippen molar-refractivity contribution in [3.8, 4) is 0 Å². The van der Waals surface area contributed by atoms with Gasteiger partial charge >= 0.3 is 13.2 Å². The monoisotopic (exact) mass is 449 g/mol. The Hall–Kier alpha value is -2.31. The molecule has 0 bridgehead atoms. The largest absolute Gasteiger partial charge is 0.494 e. The van der Waals surface area contributed by atoms with Gasteiger partial charge in [-0.1, -0.05) is 48.5 Å². The summed E-state index contributed by atoms with van der Waals surface area (Å²) in [5.74, 6) is 0. The summed E-state index contributed by atoms with van der Waals surface area (Å²) in [5.41, 5.74) is 3.22. The van der Waals surface area contributed by atoms with Crippen LogP contribution in [-0.2, 0) is 32.3 Å². The summed E-state index contributed by atoms with van der Waals surface area (Å²) in [6, 6.07) is 17.0. The second kappa shape index (κ2) is 8.17. The van der Waals surface area contributed by atoms with E-state index in [-0.39, 0.29) is 11.5 Å². The molecule has 1 fully saturated rings. The Labute approximate surface area is 198 Å². The van der Waals surface area contributed by atoms with Crippen molar-refractivity contribution >= 4 is 18.7 Å². The first-order valence-electron chi connectivity index (χ1n) is 11.8. The van der Waals surface area contributed by atoms with Crippen LogP contribution in [0.1, 0.15) is 65.2 Å². The molecular weight excluding hydrogens is 413 g/mol. The number of carbonyl (C=O) groups is 1. The van der Waals surface area contributed by atoms with E-state index >= 15 is 0 Å². The first-order valence-corrected chi connectivity index (χ1v) is 11.8. The molecule has 1 heterocycles. The van der Waals surface area contributed by atoms with Gasteiger partial charge in [0.25, 0.3) is 0 Å². The van der Waals surface area contributed by atoms with Crippen LogP contribution >= 0.6 is 0 Å². The predicted molar refractivity (Wildman–Crippen MR) is 132 cm³/mol. The van der Waals surface area contributed by atoms with E-state index in [2.05, 4.69) is 81.5 Å². The highest BCUT2D eigenvalue weighted by atomic mass is 16.7. The molecule has 2 aromatic rings. The summed E-state index contributed by atoms with van der Waals surface area (Å²) in [6.45, 7) is 14.4. The van der Waals surface area contributed by atoms with Crippen LogP contribution in [0, 0.1) is 0 Å². The van der Waals surface area contributed by atoms with E-state index < -0.39 is 23.9 Å². The van der Waals surface area contributed by atoms with Crippen molar-refractivity contribution in [2.45, 2.75) is 83.5 Å². The van der Waals surface area contributed by atoms with Crippen LogP contribution in [0.5, 0.6) is 0 Å². The summed E-state index contributed by atoms with van der Waals surface area (Å²) in [5, 5.41) is 3.05. The zero-order chi connectivity index (χ0) is 24.1. The molecule has 1 amide bonds. The molecule has 4 rings (SSSR count). The van der Waals surface area contributed by atoms with Gasteiger partial charge in [0.05, 0.1) is 11.2 Å². The highest BCUT2D eigenvalue weighted by Crippen LogP contribution is 2.40. The van der Waals surface area contributed by atoms with Crippen LogP contribution in [0.3, 0.4) is 0 Å². The molecule has 5 nitrogen and oxygen atoms in total. The minimum absolute atomic E-state index is 0.264. The molecule has 1 aliphatic heterocycles. The molecule has 33 heavy (non-hydrogen) atoms. The predicted octanol–water partition coefficient (Wildman–Crippen LogP) is 4.55. The molecule has 0 radical (unpaired) electrons. The minimum Gasteiger partial charge on any atom is -0.444 e. The number of carbonyl (C=O) groups excluding carboxylic acids is 1. The van der Waals surface area contributed by atoms with E-state index in [1.807, 2.05) is 20.8 Å². The number of nitrogens with one attached hydrogen (secondary N) is 1. The standard InChI is InChI=1S/C27H36BNO4/c1-24(2,3)31-23(30)29-18-27(16-19-11-8-9-12-20(19)17-27)21-13-10-14-22(15-21)28-32-25(4,5)26(6,7)33-28/h8-15H,16-18H2,1-7H3,(H,29,30). The first-order chi connectivity index (χ1) is 15.3. The maximum absolute atomic E-state index is 12.5. The Morgan fingerprint density at radius 1 is 0.970 bits per heavy atom. The highest BCUT2D eigenvalue weighted by Gasteiger charge is 2.52. The van der Waals surface area contributed by atoms with Crippen molar-refractivity contribution in [2.24, 2.45) is 0 Å². The lowest BCUT2D eigenvalue weighted by molar-refractivity contribution is 0.00578. The molecule has 1 N–H and O–H groups in total. The fourth-order valence-electron chi connectivity index (χ4n) is 4.68. The van der Waals surface area contributed by atoms with Crippen molar-refractivity contribution in [3.63, 3.8) is 0 Å². The van der Waals surface area contributed by atoms with Gasteiger partial charge in [-0.2, -0.15) is 0 Å². The minimum atomic E-state index is -0.535. The van der Waals surface area contributed by atoms with Crippen molar-refractivity contribution in [1.29, 1.82) is 0 Å². The van der Waals surface area contributed by atoms with E-state index in [1.165, 1.54) is 16.7 Å². The van der Waals surface area contributed by atoms with Gasteiger partial charge in [0, 0.05) is 12.0 Å². The molecule has 176 valence electrons. The lowest BCUT2D eigenvalue weighted by Gasteiger charge is -2.32. The summed E-state index contributed by atoms with van der Waals surface area (Å²) in [7, 11) is -0.422. The van der Waals surface area contributed by atoms with Gasteiger partial charge in [0.2, 0.25) is 0 Å². The molecule has 1 aliphatic carbocycles. The van der Waals surface area contributed by atoms with Gasteiger partial charge in [-0.15, -0.1) is 0 Å². The summed E-state index contributed by atoms with van der Waals surface area (Å²) in [4.78, 5) is 12.5. The molecule has 2 aliphatic rings. The van der Waals surface area contributed by atoms with Crippen LogP contribution in [0.15, 0.2) is 48.5 Å². The number of ether oxygens (including phenoxy) is 1. The summed E-state index contributed by atoms with van der Waals surface area (Å²) in [6.07, 6.45) is 1.32. The van der Waals surface area contributed by atoms with E-state index in [9.17, 15) is 4.79 Å². The maximum Gasteiger partial charge on any atom is 0.494 e. The molecule has 0 atom stereocenters. The van der Waals surface area contributed by atoms with Crippen molar-refractivity contribution in [3.05, 3.63) is 65.2 Å². The maximum atomic E-state index is 12.5. The normalized spacial score (nSPS) is 20.4. The average Bonchev–Trinajstić information content (AvgIpc) is 3.20. The van der Waals surface area contributed by atoms with E-state index in [4.69, 9.17) is 14.0 Å². The second-order valence-electron chi connectivity index (χ2n) is 11.5. The molecule has 2 aromatic carbocycles. The van der Waals surface area contributed by atoms with Gasteiger partial charge in [0.1, 0.15) is 5.60 Å². The average molecular weight is 449 g/mol. The lowest BCUT2D eigenvalue weighted by Crippen LogP contribution is -2.44. The van der Waals surface area contributed by atoms with Gasteiger partial charge in [-0.05, 0) is 83.5 Å². The topological polar surface area (TPSA) is 56.8 Å². The number of hydrogen-bond acceptors (Lipinski definition) is 4. The number of rotatable bonds is 4. The van der Waals surface area contributed by atoms with Crippen molar-refractivity contribution < 1.29 is 18.8 Å². The number of fused-ring (bicyclic) bond motifs is 1. The Morgan fingerprint density at radius 3 is 2.09 bits per heavy atom. The number of alkyl carbamates (subject to hydrolysis) is 1. The number of benzene rings is 2. The smallest absolute Gasteiger partial charge is 0.444 e. The van der Waals surface area contributed by atoms with E-state index in [0.717, 1.165) is 18.3 Å². The zero-order valence-corrected chi connectivity index (χ0v) is 21.0. The van der Waals surface area contributed by atoms with Crippen LogP contribution in [-0.4, -0.2) is 36.6 Å². The van der Waals surface area contributed by atoms with Crippen LogP contribution < -0.4 is 10.8 Å². The Kier molecular flexibility index (Phi) is 5.90. The van der Waals surface area contributed by atoms with Gasteiger partial charge in [0.15, 0.2) is 0 Å². The molecule has 0 spiro atoms. The van der Waals surface area contributed by atoms with Crippen molar-refractivity contribution in [1.82, 2.24) is 5.32 Å². The number of hydrogen-bond donors (Lipinski definition) is 1. The highest BCUT2D eigenvalue weighted by molar-refractivity contribution is 6.62. The summed E-state index contributed by atoms with van der Waals surface area (Å²) < 4.78 is 18.1. The Balaban J connectivity index is 1.63. The Bertz CT molecular complexity index is 999. The van der Waals surface area contributed by atoms with E-state index in [0.29, 0.717) is 6.54 Å². The molecular formula is C27H36BNO4. The van der Waals surface area contributed by atoms with E-state index in [1.54, 1.807) is 0 Å².